The first-order valence-corrected chi connectivity index (χ1v) is 9.37. The molecular formula is C15H25ClO7S. The molecule has 2 heterocycles. The predicted octanol–water partition coefficient (Wildman–Crippen LogP) is 1.76. The predicted molar refractivity (Wildman–Crippen MR) is 89.0 cm³/mol. The van der Waals surface area contributed by atoms with E-state index in [4.69, 9.17) is 40.0 Å². The van der Waals surface area contributed by atoms with E-state index in [2.05, 4.69) is 0 Å². The van der Waals surface area contributed by atoms with Gasteiger partial charge >= 0.3 is 5.97 Å². The molecule has 9 heteroatoms. The second-order valence-corrected chi connectivity index (χ2v) is 7.43. The summed E-state index contributed by atoms with van der Waals surface area (Å²) in [7, 11) is 3.03. The molecule has 0 radical (unpaired) electrons. The molecule has 0 aromatic heterocycles. The van der Waals surface area contributed by atoms with Crippen molar-refractivity contribution in [2.75, 3.05) is 32.5 Å². The third kappa shape index (κ3) is 3.70. The lowest BCUT2D eigenvalue weighted by Gasteiger charge is -2.55. The minimum Gasteiger partial charge on any atom is -0.455 e. The number of fused-ring (bicyclic) bond motifs is 1. The molecule has 0 unspecified atom stereocenters. The summed E-state index contributed by atoms with van der Waals surface area (Å²) in [6, 6.07) is 0. The van der Waals surface area contributed by atoms with Gasteiger partial charge in [0.1, 0.15) is 23.5 Å². The van der Waals surface area contributed by atoms with E-state index in [9.17, 15) is 4.79 Å². The Balaban J connectivity index is 2.28. The summed E-state index contributed by atoms with van der Waals surface area (Å²) in [6.45, 7) is 5.76. The molecule has 6 atom stereocenters. The number of carbonyl (C=O) groups excluding carboxylic acids is 1. The van der Waals surface area contributed by atoms with E-state index >= 15 is 0 Å². The van der Waals surface area contributed by atoms with Crippen molar-refractivity contribution >= 4 is 29.3 Å². The van der Waals surface area contributed by atoms with E-state index < -0.39 is 35.9 Å². The number of alkyl halides is 1. The highest BCUT2D eigenvalue weighted by Gasteiger charge is 2.61. The maximum atomic E-state index is 11.7. The number of hydrogen-bond donors (Lipinski definition) is 0. The molecule has 2 aliphatic heterocycles. The van der Waals surface area contributed by atoms with Crippen molar-refractivity contribution in [1.29, 1.82) is 0 Å². The highest BCUT2D eigenvalue weighted by atomic mass is 35.5. The molecule has 2 rings (SSSR count). The smallest absolute Gasteiger partial charge is 0.321 e. The maximum absolute atomic E-state index is 11.7. The lowest BCUT2D eigenvalue weighted by molar-refractivity contribution is -0.463. The number of ether oxygens (including phenoxy) is 6. The Morgan fingerprint density at radius 2 is 1.88 bits per heavy atom. The number of halogens is 1. The average molecular weight is 385 g/mol. The van der Waals surface area contributed by atoms with Gasteiger partial charge in [0.25, 0.3) is 0 Å². The van der Waals surface area contributed by atoms with Crippen LogP contribution in [0.2, 0.25) is 0 Å². The van der Waals surface area contributed by atoms with Crippen LogP contribution in [0.1, 0.15) is 20.8 Å². The van der Waals surface area contributed by atoms with Gasteiger partial charge in [0.2, 0.25) is 11.6 Å². The third-order valence-electron chi connectivity index (χ3n) is 4.43. The molecule has 0 saturated carbocycles. The lowest BCUT2D eigenvalue weighted by atomic mass is 9.99. The largest absolute Gasteiger partial charge is 0.455 e. The van der Waals surface area contributed by atoms with Gasteiger partial charge in [0, 0.05) is 14.2 Å². The van der Waals surface area contributed by atoms with E-state index in [1.807, 2.05) is 6.92 Å². The summed E-state index contributed by atoms with van der Waals surface area (Å²) in [5, 5.41) is 0. The Morgan fingerprint density at radius 1 is 1.25 bits per heavy atom. The van der Waals surface area contributed by atoms with Crippen LogP contribution in [0.4, 0.5) is 0 Å². The summed E-state index contributed by atoms with van der Waals surface area (Å²) < 4.78 is 34.6. The summed E-state index contributed by atoms with van der Waals surface area (Å²) in [6.07, 6.45) is -1.67. The monoisotopic (exact) mass is 384 g/mol. The average Bonchev–Trinajstić information content (AvgIpc) is 2.58. The number of thioether (sulfide) groups is 1. The Labute approximate surface area is 151 Å². The van der Waals surface area contributed by atoms with Crippen molar-refractivity contribution in [3.05, 3.63) is 0 Å². The third-order valence-corrected chi connectivity index (χ3v) is 5.72. The standard InChI is InChI=1S/C15H25ClO7S/c1-6-24-13-12(21-10(17)7-16)11-9(8-20-13)22-14(2,18-4)15(3,19-5)23-11/h9,11-13H,6-8H2,1-5H3/t9-,11+,12-,13+,14+,15+/m1/s1. The molecule has 0 aromatic rings. The molecule has 0 spiro atoms. The molecular weight excluding hydrogens is 360 g/mol. The van der Waals surface area contributed by atoms with Gasteiger partial charge in [-0.05, 0) is 19.6 Å². The fourth-order valence-corrected chi connectivity index (χ4v) is 3.80. The van der Waals surface area contributed by atoms with Crippen molar-refractivity contribution in [3.63, 3.8) is 0 Å². The molecule has 0 aromatic carbocycles. The topological polar surface area (TPSA) is 72.5 Å². The second-order valence-electron chi connectivity index (χ2n) is 5.78. The number of methoxy groups -OCH3 is 2. The first-order chi connectivity index (χ1) is 11.3. The van der Waals surface area contributed by atoms with Gasteiger partial charge in [-0.15, -0.1) is 23.4 Å². The molecule has 2 fully saturated rings. The Morgan fingerprint density at radius 3 is 2.42 bits per heavy atom. The van der Waals surface area contributed by atoms with E-state index in [1.165, 1.54) is 26.0 Å². The molecule has 2 saturated heterocycles. The molecule has 24 heavy (non-hydrogen) atoms. The molecule has 140 valence electrons. The zero-order valence-electron chi connectivity index (χ0n) is 14.6. The lowest BCUT2D eigenvalue weighted by Crippen LogP contribution is -2.70. The molecule has 7 nitrogen and oxygen atoms in total. The molecule has 0 bridgehead atoms. The van der Waals surface area contributed by atoms with Crippen LogP contribution >= 0.6 is 23.4 Å². The van der Waals surface area contributed by atoms with E-state index in [-0.39, 0.29) is 11.3 Å². The number of esters is 1. The molecule has 0 aliphatic carbocycles. The van der Waals surface area contributed by atoms with E-state index in [0.29, 0.717) is 6.61 Å². The summed E-state index contributed by atoms with van der Waals surface area (Å²) in [4.78, 5) is 11.7. The van der Waals surface area contributed by atoms with E-state index in [1.54, 1.807) is 13.8 Å². The van der Waals surface area contributed by atoms with Gasteiger partial charge in [-0.25, -0.2) is 0 Å². The van der Waals surface area contributed by atoms with Crippen LogP contribution in [0, 0.1) is 0 Å². The summed E-state index contributed by atoms with van der Waals surface area (Å²) in [5.74, 6) is -2.27. The fourth-order valence-electron chi connectivity index (χ4n) is 2.83. The van der Waals surface area contributed by atoms with Crippen LogP contribution in [0.3, 0.4) is 0 Å². The number of hydrogen-bond acceptors (Lipinski definition) is 8. The SMILES string of the molecule is CCS[C@@H]1OC[C@H]2O[C@](C)(OC)[C@@](C)(OC)O[C@@H]2[C@H]1OC(=O)CCl. The summed E-state index contributed by atoms with van der Waals surface area (Å²) in [5.41, 5.74) is -0.361. The highest BCUT2D eigenvalue weighted by Crippen LogP contribution is 2.43. The van der Waals surface area contributed by atoms with Crippen LogP contribution in [-0.4, -0.2) is 73.8 Å². The second kappa shape index (κ2) is 8.07. The Kier molecular flexibility index (Phi) is 6.80. The normalized spacial score (nSPS) is 42.4. The number of rotatable bonds is 6. The van der Waals surface area contributed by atoms with Gasteiger partial charge in [0.15, 0.2) is 6.10 Å². The first kappa shape index (κ1) is 20.2. The minimum atomic E-state index is -1.17. The van der Waals surface area contributed by atoms with Gasteiger partial charge in [-0.3, -0.25) is 4.79 Å². The van der Waals surface area contributed by atoms with Crippen molar-refractivity contribution < 1.29 is 33.2 Å². The van der Waals surface area contributed by atoms with Gasteiger partial charge in [-0.2, -0.15) is 0 Å². The van der Waals surface area contributed by atoms with Crippen LogP contribution in [0.5, 0.6) is 0 Å². The molecule has 0 N–H and O–H groups in total. The van der Waals surface area contributed by atoms with Gasteiger partial charge < -0.3 is 28.4 Å². The van der Waals surface area contributed by atoms with Crippen LogP contribution in [0.25, 0.3) is 0 Å². The van der Waals surface area contributed by atoms with Crippen molar-refractivity contribution in [2.24, 2.45) is 0 Å². The van der Waals surface area contributed by atoms with Gasteiger partial charge in [0.05, 0.1) is 6.61 Å². The number of carbonyl (C=O) groups is 1. The highest BCUT2D eigenvalue weighted by molar-refractivity contribution is 7.99. The molecule has 0 amide bonds. The zero-order chi connectivity index (χ0) is 18.0. The maximum Gasteiger partial charge on any atom is 0.321 e. The van der Waals surface area contributed by atoms with E-state index in [0.717, 1.165) is 5.75 Å². The Hall–Kier alpha value is -0.0900. The van der Waals surface area contributed by atoms with Crippen molar-refractivity contribution in [1.82, 2.24) is 0 Å². The van der Waals surface area contributed by atoms with Crippen LogP contribution in [0.15, 0.2) is 0 Å². The van der Waals surface area contributed by atoms with Crippen molar-refractivity contribution in [2.45, 2.75) is 56.1 Å². The van der Waals surface area contributed by atoms with Crippen molar-refractivity contribution in [3.8, 4) is 0 Å². The summed E-state index contributed by atoms with van der Waals surface area (Å²) >= 11 is 7.12. The van der Waals surface area contributed by atoms with Gasteiger partial charge in [-0.1, -0.05) is 6.92 Å². The van der Waals surface area contributed by atoms with Crippen LogP contribution in [-0.2, 0) is 33.2 Å². The quantitative estimate of drug-likeness (QED) is 0.506. The molecule has 2 aliphatic rings. The fraction of sp³-hybridized carbons (Fsp3) is 0.933. The Bertz CT molecular complexity index is 454. The minimum absolute atomic E-state index is 0.240. The zero-order valence-corrected chi connectivity index (χ0v) is 16.1. The first-order valence-electron chi connectivity index (χ1n) is 7.78. The van der Waals surface area contributed by atoms with Crippen LogP contribution < -0.4 is 0 Å².